The molecular formula is C12H15F3N2O2. The van der Waals surface area contributed by atoms with E-state index in [0.717, 1.165) is 19.2 Å². The molecule has 106 valence electrons. The maximum Gasteiger partial charge on any atom is 0.416 e. The van der Waals surface area contributed by atoms with Crippen LogP contribution in [-0.4, -0.2) is 41.3 Å². The van der Waals surface area contributed by atoms with E-state index in [1.807, 2.05) is 4.90 Å². The maximum atomic E-state index is 12.9. The van der Waals surface area contributed by atoms with Crippen LogP contribution in [0.2, 0.25) is 0 Å². The molecule has 0 aliphatic carbocycles. The van der Waals surface area contributed by atoms with Crippen molar-refractivity contribution in [3.05, 3.63) is 23.3 Å². The number of hydrogen-bond donors (Lipinski definition) is 3. The van der Waals surface area contributed by atoms with Crippen molar-refractivity contribution in [2.75, 3.05) is 26.2 Å². The molecule has 7 heteroatoms. The zero-order valence-corrected chi connectivity index (χ0v) is 10.2. The van der Waals surface area contributed by atoms with Crippen LogP contribution in [-0.2, 0) is 12.7 Å². The van der Waals surface area contributed by atoms with E-state index in [2.05, 4.69) is 5.32 Å². The minimum atomic E-state index is -4.55. The molecule has 1 aromatic rings. The Morgan fingerprint density at radius 3 is 2.26 bits per heavy atom. The van der Waals surface area contributed by atoms with Crippen molar-refractivity contribution in [3.63, 3.8) is 0 Å². The normalized spacial score (nSPS) is 17.6. The Bertz CT molecular complexity index is 457. The van der Waals surface area contributed by atoms with Gasteiger partial charge < -0.3 is 15.5 Å². The molecular weight excluding hydrogens is 261 g/mol. The molecule has 4 nitrogen and oxygen atoms in total. The lowest BCUT2D eigenvalue weighted by molar-refractivity contribution is -0.138. The highest BCUT2D eigenvalue weighted by Crippen LogP contribution is 2.38. The summed E-state index contributed by atoms with van der Waals surface area (Å²) in [6.07, 6.45) is -4.55. The van der Waals surface area contributed by atoms with Crippen molar-refractivity contribution in [2.24, 2.45) is 0 Å². The first kappa shape index (κ1) is 14.0. The highest BCUT2D eigenvalue weighted by molar-refractivity contribution is 5.46. The number of phenols is 2. The van der Waals surface area contributed by atoms with Crippen LogP contribution < -0.4 is 5.32 Å². The first-order chi connectivity index (χ1) is 8.88. The SMILES string of the molecule is Oc1cc(CN2CCNCC2)c(C(F)(F)F)cc1O. The number of halogens is 3. The van der Waals surface area contributed by atoms with Crippen LogP contribution in [0.25, 0.3) is 0 Å². The van der Waals surface area contributed by atoms with Crippen molar-refractivity contribution in [1.82, 2.24) is 10.2 Å². The Hall–Kier alpha value is -1.47. The summed E-state index contributed by atoms with van der Waals surface area (Å²) in [7, 11) is 0. The van der Waals surface area contributed by atoms with Gasteiger partial charge in [-0.05, 0) is 17.7 Å². The zero-order valence-electron chi connectivity index (χ0n) is 10.2. The first-order valence-corrected chi connectivity index (χ1v) is 5.93. The molecule has 1 aromatic carbocycles. The lowest BCUT2D eigenvalue weighted by Crippen LogP contribution is -2.43. The average molecular weight is 276 g/mol. The fourth-order valence-corrected chi connectivity index (χ4v) is 2.12. The van der Waals surface area contributed by atoms with Crippen molar-refractivity contribution in [1.29, 1.82) is 0 Å². The van der Waals surface area contributed by atoms with Crippen LogP contribution >= 0.6 is 0 Å². The monoisotopic (exact) mass is 276 g/mol. The fraction of sp³-hybridized carbons (Fsp3) is 0.500. The molecule has 0 spiro atoms. The Morgan fingerprint density at radius 1 is 1.11 bits per heavy atom. The first-order valence-electron chi connectivity index (χ1n) is 5.93. The van der Waals surface area contributed by atoms with Crippen LogP contribution in [0.3, 0.4) is 0 Å². The lowest BCUT2D eigenvalue weighted by atomic mass is 10.0. The van der Waals surface area contributed by atoms with Gasteiger partial charge in [-0.3, -0.25) is 4.90 Å². The van der Waals surface area contributed by atoms with E-state index in [4.69, 9.17) is 0 Å². The summed E-state index contributed by atoms with van der Waals surface area (Å²) in [6, 6.07) is 1.56. The maximum absolute atomic E-state index is 12.9. The van der Waals surface area contributed by atoms with Gasteiger partial charge in [-0.15, -0.1) is 0 Å². The minimum Gasteiger partial charge on any atom is -0.504 e. The second-order valence-corrected chi connectivity index (χ2v) is 4.52. The van der Waals surface area contributed by atoms with Crippen LogP contribution in [0, 0.1) is 0 Å². The van der Waals surface area contributed by atoms with Gasteiger partial charge in [-0.1, -0.05) is 0 Å². The Labute approximate surface area is 108 Å². The second-order valence-electron chi connectivity index (χ2n) is 4.52. The molecule has 3 N–H and O–H groups in total. The molecule has 0 amide bonds. The van der Waals surface area contributed by atoms with Crippen molar-refractivity contribution < 1.29 is 23.4 Å². The van der Waals surface area contributed by atoms with Crippen molar-refractivity contribution in [3.8, 4) is 11.5 Å². The van der Waals surface area contributed by atoms with Crippen LogP contribution in [0.4, 0.5) is 13.2 Å². The molecule has 1 saturated heterocycles. The molecule has 0 bridgehead atoms. The second kappa shape index (κ2) is 5.26. The third kappa shape index (κ3) is 3.30. The Morgan fingerprint density at radius 2 is 1.68 bits per heavy atom. The van der Waals surface area contributed by atoms with Gasteiger partial charge in [0.05, 0.1) is 5.56 Å². The van der Waals surface area contributed by atoms with Gasteiger partial charge >= 0.3 is 6.18 Å². The highest BCUT2D eigenvalue weighted by atomic mass is 19.4. The quantitative estimate of drug-likeness (QED) is 0.717. The molecule has 0 saturated carbocycles. The van der Waals surface area contributed by atoms with E-state index in [1.165, 1.54) is 0 Å². The average Bonchev–Trinajstić information content (AvgIpc) is 2.33. The number of rotatable bonds is 2. The smallest absolute Gasteiger partial charge is 0.416 e. The van der Waals surface area contributed by atoms with Gasteiger partial charge in [-0.25, -0.2) is 0 Å². The van der Waals surface area contributed by atoms with E-state index in [9.17, 15) is 23.4 Å². The zero-order chi connectivity index (χ0) is 14.0. The van der Waals surface area contributed by atoms with Crippen molar-refractivity contribution >= 4 is 0 Å². The number of aromatic hydroxyl groups is 2. The third-order valence-electron chi connectivity index (χ3n) is 3.11. The van der Waals surface area contributed by atoms with E-state index in [0.29, 0.717) is 19.2 Å². The number of benzene rings is 1. The van der Waals surface area contributed by atoms with Gasteiger partial charge in [0.2, 0.25) is 0 Å². The molecule has 0 unspecified atom stereocenters. The summed E-state index contributed by atoms with van der Waals surface area (Å²) >= 11 is 0. The number of nitrogens with one attached hydrogen (secondary N) is 1. The summed E-state index contributed by atoms with van der Waals surface area (Å²) in [5.41, 5.74) is -0.925. The molecule has 1 fully saturated rings. The van der Waals surface area contributed by atoms with Gasteiger partial charge in [0.15, 0.2) is 11.5 Å². The van der Waals surface area contributed by atoms with Crippen LogP contribution in [0.1, 0.15) is 11.1 Å². The summed E-state index contributed by atoms with van der Waals surface area (Å²) in [5.74, 6) is -1.28. The molecule has 0 radical (unpaired) electrons. The van der Waals surface area contributed by atoms with Gasteiger partial charge in [0.25, 0.3) is 0 Å². The molecule has 0 atom stereocenters. The fourth-order valence-electron chi connectivity index (χ4n) is 2.12. The summed E-state index contributed by atoms with van der Waals surface area (Å²) in [4.78, 5) is 1.87. The van der Waals surface area contributed by atoms with E-state index >= 15 is 0 Å². The molecule has 2 rings (SSSR count). The van der Waals surface area contributed by atoms with Crippen molar-refractivity contribution in [2.45, 2.75) is 12.7 Å². The largest absolute Gasteiger partial charge is 0.504 e. The van der Waals surface area contributed by atoms with Gasteiger partial charge in [0.1, 0.15) is 0 Å². The Balaban J connectivity index is 2.29. The van der Waals surface area contributed by atoms with E-state index in [-0.39, 0.29) is 12.1 Å². The van der Waals surface area contributed by atoms with E-state index < -0.39 is 23.2 Å². The molecule has 0 aromatic heterocycles. The topological polar surface area (TPSA) is 55.7 Å². The summed E-state index contributed by atoms with van der Waals surface area (Å²) < 4.78 is 38.7. The molecule has 1 aliphatic heterocycles. The third-order valence-corrected chi connectivity index (χ3v) is 3.11. The molecule has 19 heavy (non-hydrogen) atoms. The molecule has 1 aliphatic rings. The van der Waals surface area contributed by atoms with E-state index in [1.54, 1.807) is 0 Å². The van der Waals surface area contributed by atoms with Gasteiger partial charge in [-0.2, -0.15) is 13.2 Å². The standard InChI is InChI=1S/C12H15F3N2O2/c13-12(14,15)9-6-11(19)10(18)5-8(9)7-17-3-1-16-2-4-17/h5-6,16,18-19H,1-4,7H2. The number of phenolic OH excluding ortho intramolecular Hbond substituents is 2. The Kier molecular flexibility index (Phi) is 3.86. The van der Waals surface area contributed by atoms with Gasteiger partial charge in [0, 0.05) is 32.7 Å². The number of piperazine rings is 1. The number of nitrogens with zero attached hydrogens (tertiary/aromatic N) is 1. The van der Waals surface area contributed by atoms with Crippen LogP contribution in [0.15, 0.2) is 12.1 Å². The predicted octanol–water partition coefficient (Wildman–Crippen LogP) is 1.52. The number of alkyl halides is 3. The summed E-state index contributed by atoms with van der Waals surface area (Å²) in [6.45, 7) is 2.86. The van der Waals surface area contributed by atoms with Crippen LogP contribution in [0.5, 0.6) is 11.5 Å². The predicted molar refractivity (Wildman–Crippen MR) is 62.9 cm³/mol. The number of hydrogen-bond acceptors (Lipinski definition) is 4. The highest BCUT2D eigenvalue weighted by Gasteiger charge is 2.34. The lowest BCUT2D eigenvalue weighted by Gasteiger charge is -2.28. The minimum absolute atomic E-state index is 0.0234. The molecule has 1 heterocycles. The summed E-state index contributed by atoms with van der Waals surface area (Å²) in [5, 5.41) is 21.7.